The molecular formula is C12H8FNO3. The van der Waals surface area contributed by atoms with Gasteiger partial charge in [-0.3, -0.25) is 10.1 Å². The second kappa shape index (κ2) is 4.61. The lowest BCUT2D eigenvalue weighted by Crippen LogP contribution is -1.89. The van der Waals surface area contributed by atoms with Crippen molar-refractivity contribution < 1.29 is 14.1 Å². The molecule has 0 spiro atoms. The van der Waals surface area contributed by atoms with E-state index >= 15 is 0 Å². The minimum Gasteiger partial charge on any atom is -0.457 e. The minimum atomic E-state index is -0.515. The number of ether oxygens (including phenoxy) is 1. The van der Waals surface area contributed by atoms with Gasteiger partial charge >= 0.3 is 0 Å². The van der Waals surface area contributed by atoms with Crippen LogP contribution in [0.5, 0.6) is 11.5 Å². The molecule has 0 radical (unpaired) electrons. The Morgan fingerprint density at radius 1 is 1.06 bits per heavy atom. The lowest BCUT2D eigenvalue weighted by molar-refractivity contribution is -0.384. The van der Waals surface area contributed by atoms with Crippen molar-refractivity contribution in [3.05, 3.63) is 64.5 Å². The molecular weight excluding hydrogens is 225 g/mol. The number of halogens is 1. The highest BCUT2D eigenvalue weighted by molar-refractivity contribution is 5.40. The zero-order valence-corrected chi connectivity index (χ0v) is 8.67. The predicted octanol–water partition coefficient (Wildman–Crippen LogP) is 3.53. The first-order chi connectivity index (χ1) is 8.15. The smallest absolute Gasteiger partial charge is 0.273 e. The molecule has 4 nitrogen and oxygen atoms in total. The Hall–Kier alpha value is -2.43. The number of non-ortho nitro benzene ring substituents is 1. The summed E-state index contributed by atoms with van der Waals surface area (Å²) in [4.78, 5) is 10.0. The number of hydrogen-bond acceptors (Lipinski definition) is 3. The van der Waals surface area contributed by atoms with Crippen LogP contribution in [0.1, 0.15) is 0 Å². The molecule has 2 aromatic carbocycles. The van der Waals surface area contributed by atoms with E-state index in [0.29, 0.717) is 11.5 Å². The average molecular weight is 233 g/mol. The SMILES string of the molecule is O=[N+]([O-])c1cccc(Oc2cccc(F)c2)c1. The Balaban J connectivity index is 2.24. The normalized spacial score (nSPS) is 9.94. The van der Waals surface area contributed by atoms with E-state index < -0.39 is 10.7 Å². The van der Waals surface area contributed by atoms with Gasteiger partial charge in [0.15, 0.2) is 0 Å². The van der Waals surface area contributed by atoms with Crippen LogP contribution in [-0.2, 0) is 0 Å². The van der Waals surface area contributed by atoms with Crippen molar-refractivity contribution in [2.45, 2.75) is 0 Å². The van der Waals surface area contributed by atoms with Gasteiger partial charge in [0, 0.05) is 12.1 Å². The molecule has 0 aliphatic carbocycles. The fourth-order valence-electron chi connectivity index (χ4n) is 1.33. The van der Waals surface area contributed by atoms with Crippen molar-refractivity contribution in [3.63, 3.8) is 0 Å². The summed E-state index contributed by atoms with van der Waals surface area (Å²) < 4.78 is 18.2. The molecule has 0 aliphatic heterocycles. The lowest BCUT2D eigenvalue weighted by atomic mass is 10.3. The first-order valence-corrected chi connectivity index (χ1v) is 4.83. The highest BCUT2D eigenvalue weighted by atomic mass is 19.1. The topological polar surface area (TPSA) is 52.4 Å². The molecule has 0 aromatic heterocycles. The van der Waals surface area contributed by atoms with E-state index in [1.54, 1.807) is 12.1 Å². The largest absolute Gasteiger partial charge is 0.457 e. The molecule has 0 heterocycles. The van der Waals surface area contributed by atoms with Gasteiger partial charge in [-0.2, -0.15) is 0 Å². The maximum atomic E-state index is 12.9. The highest BCUT2D eigenvalue weighted by Gasteiger charge is 2.07. The molecule has 5 heteroatoms. The van der Waals surface area contributed by atoms with Gasteiger partial charge in [-0.05, 0) is 18.2 Å². The summed E-state index contributed by atoms with van der Waals surface area (Å²) in [6.07, 6.45) is 0. The molecule has 0 amide bonds. The first-order valence-electron chi connectivity index (χ1n) is 4.83. The van der Waals surface area contributed by atoms with E-state index in [1.807, 2.05) is 0 Å². The van der Waals surface area contributed by atoms with Crippen LogP contribution >= 0.6 is 0 Å². The molecule has 0 N–H and O–H groups in total. The van der Waals surface area contributed by atoms with E-state index in [2.05, 4.69) is 0 Å². The number of hydrogen-bond donors (Lipinski definition) is 0. The standard InChI is InChI=1S/C12H8FNO3/c13-9-3-1-5-11(7-9)17-12-6-2-4-10(8-12)14(15)16/h1-8H. The maximum Gasteiger partial charge on any atom is 0.273 e. The molecule has 2 aromatic rings. The van der Waals surface area contributed by atoms with E-state index in [4.69, 9.17) is 4.74 Å². The third-order valence-corrected chi connectivity index (χ3v) is 2.06. The fourth-order valence-corrected chi connectivity index (χ4v) is 1.33. The molecule has 0 bridgehead atoms. The Labute approximate surface area is 96.4 Å². The third-order valence-electron chi connectivity index (χ3n) is 2.06. The van der Waals surface area contributed by atoms with Crippen LogP contribution in [0.3, 0.4) is 0 Å². The number of rotatable bonds is 3. The van der Waals surface area contributed by atoms with Crippen molar-refractivity contribution in [2.24, 2.45) is 0 Å². The van der Waals surface area contributed by atoms with E-state index in [9.17, 15) is 14.5 Å². The van der Waals surface area contributed by atoms with E-state index in [0.717, 1.165) is 0 Å². The minimum absolute atomic E-state index is 0.0705. The van der Waals surface area contributed by atoms with E-state index in [-0.39, 0.29) is 5.69 Å². The quantitative estimate of drug-likeness (QED) is 0.602. The van der Waals surface area contributed by atoms with Crippen LogP contribution in [0.4, 0.5) is 10.1 Å². The summed E-state index contributed by atoms with van der Waals surface area (Å²) >= 11 is 0. The highest BCUT2D eigenvalue weighted by Crippen LogP contribution is 2.25. The summed E-state index contributed by atoms with van der Waals surface area (Å²) in [6.45, 7) is 0. The van der Waals surface area contributed by atoms with Crippen LogP contribution < -0.4 is 4.74 Å². The molecule has 0 aliphatic rings. The van der Waals surface area contributed by atoms with Crippen LogP contribution in [0.2, 0.25) is 0 Å². The second-order valence-corrected chi connectivity index (χ2v) is 3.31. The Morgan fingerprint density at radius 3 is 2.35 bits per heavy atom. The van der Waals surface area contributed by atoms with Gasteiger partial charge in [-0.15, -0.1) is 0 Å². The summed E-state index contributed by atoms with van der Waals surface area (Å²) in [5, 5.41) is 10.5. The Bertz CT molecular complexity index is 557. The van der Waals surface area contributed by atoms with Gasteiger partial charge < -0.3 is 4.74 Å². The third kappa shape index (κ3) is 2.78. The Kier molecular flexibility index (Phi) is 3.00. The molecule has 0 saturated carbocycles. The zero-order chi connectivity index (χ0) is 12.3. The van der Waals surface area contributed by atoms with Crippen LogP contribution in [0.15, 0.2) is 48.5 Å². The summed E-state index contributed by atoms with van der Waals surface area (Å²) in [5.41, 5.74) is -0.0705. The van der Waals surface area contributed by atoms with Gasteiger partial charge in [0.05, 0.1) is 11.0 Å². The molecule has 0 saturated heterocycles. The van der Waals surface area contributed by atoms with Gasteiger partial charge in [0.25, 0.3) is 5.69 Å². The van der Waals surface area contributed by atoms with Gasteiger partial charge in [0.2, 0.25) is 0 Å². The van der Waals surface area contributed by atoms with Crippen LogP contribution in [-0.4, -0.2) is 4.92 Å². The summed E-state index contributed by atoms with van der Waals surface area (Å²) in [6, 6.07) is 11.3. The first kappa shape index (κ1) is 11.1. The number of nitro groups is 1. The number of nitro benzene ring substituents is 1. The maximum absolute atomic E-state index is 12.9. The Morgan fingerprint density at radius 2 is 1.71 bits per heavy atom. The summed E-state index contributed by atoms with van der Waals surface area (Å²) in [7, 11) is 0. The predicted molar refractivity (Wildman–Crippen MR) is 59.6 cm³/mol. The van der Waals surface area contributed by atoms with Gasteiger partial charge in [-0.1, -0.05) is 12.1 Å². The average Bonchev–Trinajstić information content (AvgIpc) is 2.29. The fraction of sp³-hybridized carbons (Fsp3) is 0. The molecule has 86 valence electrons. The van der Waals surface area contributed by atoms with Crippen molar-refractivity contribution in [2.75, 3.05) is 0 Å². The second-order valence-electron chi connectivity index (χ2n) is 3.31. The van der Waals surface area contributed by atoms with Gasteiger partial charge in [0.1, 0.15) is 17.3 Å². The summed E-state index contributed by atoms with van der Waals surface area (Å²) in [5.74, 6) is 0.170. The van der Waals surface area contributed by atoms with Crippen molar-refractivity contribution in [1.29, 1.82) is 0 Å². The van der Waals surface area contributed by atoms with Crippen LogP contribution in [0, 0.1) is 15.9 Å². The van der Waals surface area contributed by atoms with Gasteiger partial charge in [-0.25, -0.2) is 4.39 Å². The molecule has 0 fully saturated rings. The van der Waals surface area contributed by atoms with E-state index in [1.165, 1.54) is 36.4 Å². The molecule has 2 rings (SSSR count). The van der Waals surface area contributed by atoms with Crippen molar-refractivity contribution in [1.82, 2.24) is 0 Å². The lowest BCUT2D eigenvalue weighted by Gasteiger charge is -2.04. The zero-order valence-electron chi connectivity index (χ0n) is 8.67. The van der Waals surface area contributed by atoms with Crippen molar-refractivity contribution in [3.8, 4) is 11.5 Å². The molecule has 17 heavy (non-hydrogen) atoms. The number of benzene rings is 2. The molecule has 0 atom stereocenters. The number of nitrogens with zero attached hydrogens (tertiary/aromatic N) is 1. The van der Waals surface area contributed by atoms with Crippen molar-refractivity contribution >= 4 is 5.69 Å². The van der Waals surface area contributed by atoms with Crippen LogP contribution in [0.25, 0.3) is 0 Å². The molecule has 0 unspecified atom stereocenters. The monoisotopic (exact) mass is 233 g/mol.